The SMILES string of the molecule is COc1ccc(NC(=O)C(c2cccc(F)c2)N(Cc2ccc(F)cc2)C(=O)CN2C(=O)C(=O)c3ccccc32)cc1. The van der Waals surface area contributed by atoms with Crippen LogP contribution in [0, 0.1) is 11.6 Å². The molecule has 5 rings (SSSR count). The van der Waals surface area contributed by atoms with Crippen LogP contribution in [0.15, 0.2) is 97.1 Å². The number of carbonyl (C=O) groups is 4. The van der Waals surface area contributed by atoms with Gasteiger partial charge in [-0.1, -0.05) is 36.4 Å². The lowest BCUT2D eigenvalue weighted by Gasteiger charge is -2.33. The van der Waals surface area contributed by atoms with Crippen LogP contribution >= 0.6 is 0 Å². The first-order chi connectivity index (χ1) is 20.2. The van der Waals surface area contributed by atoms with Crippen molar-refractivity contribution in [3.63, 3.8) is 0 Å². The normalized spacial score (nSPS) is 13.0. The molecule has 0 spiro atoms. The Bertz CT molecular complexity index is 1660. The van der Waals surface area contributed by atoms with Gasteiger partial charge < -0.3 is 15.0 Å². The van der Waals surface area contributed by atoms with E-state index in [9.17, 15) is 28.0 Å². The third-order valence-electron chi connectivity index (χ3n) is 6.84. The van der Waals surface area contributed by atoms with Gasteiger partial charge in [0.15, 0.2) is 0 Å². The minimum Gasteiger partial charge on any atom is -0.497 e. The quantitative estimate of drug-likeness (QED) is 0.289. The number of para-hydroxylation sites is 1. The molecule has 0 aromatic heterocycles. The number of fused-ring (bicyclic) bond motifs is 1. The predicted molar refractivity (Wildman–Crippen MR) is 151 cm³/mol. The summed E-state index contributed by atoms with van der Waals surface area (Å²) in [6.45, 7) is -0.752. The maximum absolute atomic E-state index is 14.4. The Morgan fingerprint density at radius 1 is 0.881 bits per heavy atom. The van der Waals surface area contributed by atoms with Gasteiger partial charge in [0.1, 0.15) is 30.0 Å². The fraction of sp³-hybridized carbons (Fsp3) is 0.125. The first-order valence-electron chi connectivity index (χ1n) is 12.9. The molecule has 42 heavy (non-hydrogen) atoms. The molecule has 0 radical (unpaired) electrons. The molecule has 1 N–H and O–H groups in total. The molecule has 1 heterocycles. The van der Waals surface area contributed by atoms with Gasteiger partial charge in [0.2, 0.25) is 5.91 Å². The summed E-state index contributed by atoms with van der Waals surface area (Å²) in [4.78, 5) is 55.6. The summed E-state index contributed by atoms with van der Waals surface area (Å²) in [5.41, 5.74) is 1.48. The molecule has 1 atom stereocenters. The monoisotopic (exact) mass is 569 g/mol. The van der Waals surface area contributed by atoms with E-state index >= 15 is 0 Å². The molecule has 212 valence electrons. The van der Waals surface area contributed by atoms with Crippen LogP contribution in [0.1, 0.15) is 27.5 Å². The molecule has 1 aliphatic heterocycles. The van der Waals surface area contributed by atoms with Crippen LogP contribution in [0.2, 0.25) is 0 Å². The Balaban J connectivity index is 1.54. The molecule has 0 saturated carbocycles. The number of methoxy groups -OCH3 is 1. The van der Waals surface area contributed by atoms with Gasteiger partial charge in [-0.15, -0.1) is 0 Å². The van der Waals surface area contributed by atoms with E-state index in [0.717, 1.165) is 11.0 Å². The minimum absolute atomic E-state index is 0.166. The van der Waals surface area contributed by atoms with Crippen LogP contribution in [-0.2, 0) is 20.9 Å². The summed E-state index contributed by atoms with van der Waals surface area (Å²) in [5, 5.41) is 2.76. The number of ether oxygens (including phenoxy) is 1. The number of anilines is 2. The third-order valence-corrected chi connectivity index (χ3v) is 6.84. The fourth-order valence-corrected chi connectivity index (χ4v) is 4.78. The van der Waals surface area contributed by atoms with Crippen molar-refractivity contribution in [1.82, 2.24) is 4.90 Å². The van der Waals surface area contributed by atoms with Crippen LogP contribution in [-0.4, -0.2) is 42.1 Å². The van der Waals surface area contributed by atoms with Gasteiger partial charge in [0.25, 0.3) is 17.6 Å². The van der Waals surface area contributed by atoms with E-state index in [1.807, 2.05) is 0 Å². The van der Waals surface area contributed by atoms with Crippen molar-refractivity contribution in [2.24, 2.45) is 0 Å². The lowest BCUT2D eigenvalue weighted by atomic mass is 10.0. The van der Waals surface area contributed by atoms with Gasteiger partial charge >= 0.3 is 0 Å². The van der Waals surface area contributed by atoms with Crippen molar-refractivity contribution >= 4 is 34.9 Å². The van der Waals surface area contributed by atoms with Crippen LogP contribution in [0.3, 0.4) is 0 Å². The maximum Gasteiger partial charge on any atom is 0.299 e. The number of halogens is 2. The highest BCUT2D eigenvalue weighted by atomic mass is 19.1. The van der Waals surface area contributed by atoms with Gasteiger partial charge in [0, 0.05) is 12.2 Å². The molecule has 0 fully saturated rings. The summed E-state index contributed by atoms with van der Waals surface area (Å²) < 4.78 is 33.3. The second-order valence-corrected chi connectivity index (χ2v) is 9.56. The molecular formula is C32H25F2N3O5. The van der Waals surface area contributed by atoms with Crippen molar-refractivity contribution in [3.8, 4) is 5.75 Å². The van der Waals surface area contributed by atoms with Crippen molar-refractivity contribution in [1.29, 1.82) is 0 Å². The molecule has 1 unspecified atom stereocenters. The predicted octanol–water partition coefficient (Wildman–Crippen LogP) is 4.91. The minimum atomic E-state index is -1.37. The smallest absolute Gasteiger partial charge is 0.299 e. The maximum atomic E-state index is 14.4. The van der Waals surface area contributed by atoms with Crippen molar-refractivity contribution in [2.75, 3.05) is 23.9 Å². The molecule has 3 amide bonds. The molecule has 0 bridgehead atoms. The first kappa shape index (κ1) is 28.2. The van der Waals surface area contributed by atoms with Crippen molar-refractivity contribution in [2.45, 2.75) is 12.6 Å². The third kappa shape index (κ3) is 5.87. The van der Waals surface area contributed by atoms with Crippen LogP contribution in [0.5, 0.6) is 5.75 Å². The van der Waals surface area contributed by atoms with Crippen molar-refractivity contribution < 1.29 is 32.7 Å². The molecule has 0 saturated heterocycles. The Morgan fingerprint density at radius 3 is 2.29 bits per heavy atom. The molecular weight excluding hydrogens is 544 g/mol. The Morgan fingerprint density at radius 2 is 1.60 bits per heavy atom. The standard InChI is InChI=1S/C32H25F2N3O5/c1-42-25-15-13-24(14-16-25)35-31(40)29(21-5-4-6-23(34)17-21)37(18-20-9-11-22(33)12-10-20)28(38)19-36-27-8-3-2-7-26(27)30(39)32(36)41/h2-17,29H,18-19H2,1H3,(H,35,40). The number of rotatable bonds is 9. The molecule has 8 nitrogen and oxygen atoms in total. The lowest BCUT2D eigenvalue weighted by Crippen LogP contribution is -2.46. The Kier molecular flexibility index (Phi) is 8.05. The highest BCUT2D eigenvalue weighted by Gasteiger charge is 2.39. The number of hydrogen-bond donors (Lipinski definition) is 1. The van der Waals surface area contributed by atoms with Gasteiger partial charge in [-0.2, -0.15) is 0 Å². The van der Waals surface area contributed by atoms with Crippen LogP contribution < -0.4 is 15.0 Å². The van der Waals surface area contributed by atoms with E-state index in [2.05, 4.69) is 5.32 Å². The zero-order chi connectivity index (χ0) is 29.8. The van der Waals surface area contributed by atoms with E-state index in [4.69, 9.17) is 4.74 Å². The Labute approximate surface area is 240 Å². The summed E-state index contributed by atoms with van der Waals surface area (Å²) in [6, 6.07) is 22.0. The molecule has 4 aromatic carbocycles. The Hall–Kier alpha value is -5.38. The van der Waals surface area contributed by atoms with Gasteiger partial charge in [-0.3, -0.25) is 24.1 Å². The lowest BCUT2D eigenvalue weighted by molar-refractivity contribution is -0.139. The van der Waals surface area contributed by atoms with E-state index in [1.54, 1.807) is 42.5 Å². The largest absolute Gasteiger partial charge is 0.497 e. The van der Waals surface area contributed by atoms with Gasteiger partial charge in [0.05, 0.1) is 18.4 Å². The summed E-state index contributed by atoms with van der Waals surface area (Å²) >= 11 is 0. The average Bonchev–Trinajstić information content (AvgIpc) is 3.23. The second kappa shape index (κ2) is 12.0. The number of Topliss-reactive ketones (excluding diaryl/α,β-unsaturated/α-hetero) is 1. The number of ketones is 1. The van der Waals surface area contributed by atoms with Gasteiger partial charge in [-0.25, -0.2) is 8.78 Å². The zero-order valence-corrected chi connectivity index (χ0v) is 22.4. The molecule has 0 aliphatic carbocycles. The number of benzene rings is 4. The summed E-state index contributed by atoms with van der Waals surface area (Å²) in [6.07, 6.45) is 0. The van der Waals surface area contributed by atoms with Crippen molar-refractivity contribution in [3.05, 3.63) is 125 Å². The summed E-state index contributed by atoms with van der Waals surface area (Å²) in [7, 11) is 1.50. The number of nitrogens with one attached hydrogen (secondary N) is 1. The highest BCUT2D eigenvalue weighted by Crippen LogP contribution is 2.31. The molecule has 10 heteroatoms. The summed E-state index contributed by atoms with van der Waals surface area (Å²) in [5.74, 6) is -3.54. The van der Waals surface area contributed by atoms with E-state index in [-0.39, 0.29) is 23.4 Å². The van der Waals surface area contributed by atoms with Crippen LogP contribution in [0.4, 0.5) is 20.2 Å². The van der Waals surface area contributed by atoms with Gasteiger partial charge in [-0.05, 0) is 71.8 Å². The number of hydrogen-bond acceptors (Lipinski definition) is 5. The van der Waals surface area contributed by atoms with E-state index in [1.165, 1.54) is 60.5 Å². The topological polar surface area (TPSA) is 96.0 Å². The fourth-order valence-electron chi connectivity index (χ4n) is 4.78. The van der Waals surface area contributed by atoms with Crippen LogP contribution in [0.25, 0.3) is 0 Å². The number of nitrogens with zero attached hydrogens (tertiary/aromatic N) is 2. The number of carbonyl (C=O) groups excluding carboxylic acids is 4. The molecule has 4 aromatic rings. The van der Waals surface area contributed by atoms with E-state index < -0.39 is 47.7 Å². The molecule has 1 aliphatic rings. The van der Waals surface area contributed by atoms with E-state index in [0.29, 0.717) is 17.0 Å². The zero-order valence-electron chi connectivity index (χ0n) is 22.4. The first-order valence-corrected chi connectivity index (χ1v) is 12.9. The highest BCUT2D eigenvalue weighted by molar-refractivity contribution is 6.52. The second-order valence-electron chi connectivity index (χ2n) is 9.56. The number of amides is 3. The average molecular weight is 570 g/mol.